The highest BCUT2D eigenvalue weighted by atomic mass is 127. The fraction of sp³-hybridized carbons (Fsp3) is 0.619. The standard InChI is InChI=1S/C21H34N4O2.HI/c1-4-5-13-27-19-8-6-7-18(14-19)16-24-21(23-3)25-11-9-17(10-12-25)15-20(26)22-2;/h6-8,14,17H,4-5,9-13,15-16H2,1-3H3,(H,22,26)(H,23,24);1H. The van der Waals surface area contributed by atoms with Crippen molar-refractivity contribution < 1.29 is 9.53 Å². The molecule has 1 amide bonds. The van der Waals surface area contributed by atoms with Gasteiger partial charge in [-0.25, -0.2) is 0 Å². The van der Waals surface area contributed by atoms with Crippen LogP contribution < -0.4 is 15.4 Å². The molecule has 0 aliphatic carbocycles. The van der Waals surface area contributed by atoms with Crippen molar-refractivity contribution in [3.8, 4) is 5.75 Å². The maximum absolute atomic E-state index is 11.6. The van der Waals surface area contributed by atoms with E-state index in [0.717, 1.165) is 63.6 Å². The van der Waals surface area contributed by atoms with Gasteiger partial charge in [0.2, 0.25) is 5.91 Å². The Morgan fingerprint density at radius 2 is 2.07 bits per heavy atom. The maximum Gasteiger partial charge on any atom is 0.220 e. The second-order valence-electron chi connectivity index (χ2n) is 7.06. The number of piperidine rings is 1. The summed E-state index contributed by atoms with van der Waals surface area (Å²) in [6, 6.07) is 8.23. The van der Waals surface area contributed by atoms with Crippen molar-refractivity contribution in [2.75, 3.05) is 33.8 Å². The van der Waals surface area contributed by atoms with E-state index in [-0.39, 0.29) is 29.9 Å². The van der Waals surface area contributed by atoms with Gasteiger partial charge in [0.15, 0.2) is 5.96 Å². The fourth-order valence-electron chi connectivity index (χ4n) is 3.31. The van der Waals surface area contributed by atoms with Crippen molar-refractivity contribution >= 4 is 35.8 Å². The Labute approximate surface area is 186 Å². The van der Waals surface area contributed by atoms with Gasteiger partial charge in [-0.05, 0) is 42.9 Å². The summed E-state index contributed by atoms with van der Waals surface area (Å²) in [6.45, 7) is 5.51. The monoisotopic (exact) mass is 502 g/mol. The minimum Gasteiger partial charge on any atom is -0.494 e. The van der Waals surface area contributed by atoms with Crippen molar-refractivity contribution in [3.05, 3.63) is 29.8 Å². The van der Waals surface area contributed by atoms with Crippen LogP contribution in [0, 0.1) is 5.92 Å². The van der Waals surface area contributed by atoms with Crippen LogP contribution in [-0.4, -0.2) is 50.6 Å². The predicted octanol–water partition coefficient (Wildman–Crippen LogP) is 3.41. The summed E-state index contributed by atoms with van der Waals surface area (Å²) in [5.41, 5.74) is 1.18. The van der Waals surface area contributed by atoms with Crippen LogP contribution in [0.1, 0.15) is 44.6 Å². The number of aliphatic imine (C=N–C) groups is 1. The highest BCUT2D eigenvalue weighted by molar-refractivity contribution is 14.0. The molecule has 1 aromatic carbocycles. The third-order valence-electron chi connectivity index (χ3n) is 4.99. The molecule has 0 unspecified atom stereocenters. The van der Waals surface area contributed by atoms with Crippen LogP contribution >= 0.6 is 24.0 Å². The normalized spacial score (nSPS) is 15.0. The van der Waals surface area contributed by atoms with Crippen molar-refractivity contribution in [1.29, 1.82) is 0 Å². The van der Waals surface area contributed by atoms with Gasteiger partial charge >= 0.3 is 0 Å². The number of hydrogen-bond donors (Lipinski definition) is 2. The second kappa shape index (κ2) is 13.6. The Balaban J connectivity index is 0.00000392. The molecule has 1 aliphatic heterocycles. The van der Waals surface area contributed by atoms with Gasteiger partial charge in [0, 0.05) is 40.2 Å². The smallest absolute Gasteiger partial charge is 0.220 e. The number of likely N-dealkylation sites (tertiary alicyclic amines) is 1. The molecule has 1 aromatic rings. The van der Waals surface area contributed by atoms with Gasteiger partial charge in [0.05, 0.1) is 6.61 Å². The average Bonchev–Trinajstić information content (AvgIpc) is 2.70. The summed E-state index contributed by atoms with van der Waals surface area (Å²) < 4.78 is 5.79. The molecule has 0 atom stereocenters. The van der Waals surface area contributed by atoms with Crippen molar-refractivity contribution in [2.45, 2.75) is 45.6 Å². The van der Waals surface area contributed by atoms with E-state index in [1.807, 2.05) is 19.2 Å². The highest BCUT2D eigenvalue weighted by Crippen LogP contribution is 2.20. The topological polar surface area (TPSA) is 66.0 Å². The molecule has 0 bridgehead atoms. The Kier molecular flexibility index (Phi) is 11.9. The second-order valence-corrected chi connectivity index (χ2v) is 7.06. The molecular formula is C21H35IN4O2. The number of amides is 1. The number of rotatable bonds is 8. The molecule has 0 saturated carbocycles. The van der Waals surface area contributed by atoms with Gasteiger partial charge < -0.3 is 20.3 Å². The summed E-state index contributed by atoms with van der Waals surface area (Å²) in [5, 5.41) is 6.18. The number of nitrogens with one attached hydrogen (secondary N) is 2. The van der Waals surface area contributed by atoms with Crippen LogP contribution in [-0.2, 0) is 11.3 Å². The van der Waals surface area contributed by atoms with Crippen LogP contribution in [0.15, 0.2) is 29.3 Å². The van der Waals surface area contributed by atoms with Crippen molar-refractivity contribution in [2.24, 2.45) is 10.9 Å². The Bertz CT molecular complexity index is 616. The predicted molar refractivity (Wildman–Crippen MR) is 125 cm³/mol. The van der Waals surface area contributed by atoms with Crippen LogP contribution in [0.25, 0.3) is 0 Å². The molecule has 1 aliphatic rings. The van der Waals surface area contributed by atoms with Gasteiger partial charge in [-0.2, -0.15) is 0 Å². The average molecular weight is 502 g/mol. The molecule has 6 nitrogen and oxygen atoms in total. The Morgan fingerprint density at radius 1 is 1.32 bits per heavy atom. The molecule has 158 valence electrons. The summed E-state index contributed by atoms with van der Waals surface area (Å²) in [5.74, 6) is 2.45. The largest absolute Gasteiger partial charge is 0.494 e. The quantitative estimate of drug-likeness (QED) is 0.248. The first-order valence-corrected chi connectivity index (χ1v) is 10.0. The van der Waals surface area contributed by atoms with Crippen LogP contribution in [0.2, 0.25) is 0 Å². The Hall–Kier alpha value is -1.51. The van der Waals surface area contributed by atoms with E-state index in [4.69, 9.17) is 4.74 Å². The molecule has 7 heteroatoms. The lowest BCUT2D eigenvalue weighted by Gasteiger charge is -2.34. The lowest BCUT2D eigenvalue weighted by molar-refractivity contribution is -0.121. The van der Waals surface area contributed by atoms with Gasteiger partial charge in [0.1, 0.15) is 5.75 Å². The Morgan fingerprint density at radius 3 is 2.71 bits per heavy atom. The summed E-state index contributed by atoms with van der Waals surface area (Å²) >= 11 is 0. The van der Waals surface area contributed by atoms with E-state index in [9.17, 15) is 4.79 Å². The number of carbonyl (C=O) groups excluding carboxylic acids is 1. The van der Waals surface area contributed by atoms with Gasteiger partial charge in [-0.1, -0.05) is 25.5 Å². The van der Waals surface area contributed by atoms with E-state index in [2.05, 4.69) is 39.6 Å². The highest BCUT2D eigenvalue weighted by Gasteiger charge is 2.22. The number of unbranched alkanes of at least 4 members (excludes halogenated alkanes) is 1. The number of guanidine groups is 1. The molecule has 28 heavy (non-hydrogen) atoms. The summed E-state index contributed by atoms with van der Waals surface area (Å²) in [6.07, 6.45) is 4.88. The van der Waals surface area contributed by atoms with E-state index in [1.165, 1.54) is 5.56 Å². The number of carbonyl (C=O) groups is 1. The molecule has 2 rings (SSSR count). The van der Waals surface area contributed by atoms with Crippen LogP contribution in [0.3, 0.4) is 0 Å². The van der Waals surface area contributed by atoms with Crippen LogP contribution in [0.4, 0.5) is 0 Å². The zero-order chi connectivity index (χ0) is 19.5. The maximum atomic E-state index is 11.6. The number of hydrogen-bond acceptors (Lipinski definition) is 3. The zero-order valence-electron chi connectivity index (χ0n) is 17.4. The van der Waals surface area contributed by atoms with Crippen molar-refractivity contribution in [3.63, 3.8) is 0 Å². The van der Waals surface area contributed by atoms with Crippen LogP contribution in [0.5, 0.6) is 5.75 Å². The molecule has 0 spiro atoms. The molecule has 1 heterocycles. The molecular weight excluding hydrogens is 467 g/mol. The molecule has 0 radical (unpaired) electrons. The van der Waals surface area contributed by atoms with E-state index in [1.54, 1.807) is 7.05 Å². The minimum atomic E-state index is 0. The summed E-state index contributed by atoms with van der Waals surface area (Å²) in [7, 11) is 3.52. The lowest BCUT2D eigenvalue weighted by atomic mass is 9.93. The van der Waals surface area contributed by atoms with E-state index in [0.29, 0.717) is 12.3 Å². The number of ether oxygens (including phenoxy) is 1. The first-order valence-electron chi connectivity index (χ1n) is 10.0. The molecule has 1 saturated heterocycles. The van der Waals surface area contributed by atoms with Gasteiger partial charge in [-0.15, -0.1) is 24.0 Å². The number of nitrogens with zero attached hydrogens (tertiary/aromatic N) is 2. The van der Waals surface area contributed by atoms with Crippen molar-refractivity contribution in [1.82, 2.24) is 15.5 Å². The minimum absolute atomic E-state index is 0. The zero-order valence-corrected chi connectivity index (χ0v) is 19.7. The molecule has 2 N–H and O–H groups in total. The lowest BCUT2D eigenvalue weighted by Crippen LogP contribution is -2.45. The first-order chi connectivity index (χ1) is 13.2. The van der Waals surface area contributed by atoms with E-state index >= 15 is 0 Å². The van der Waals surface area contributed by atoms with E-state index < -0.39 is 0 Å². The number of benzene rings is 1. The molecule has 1 fully saturated rings. The third kappa shape index (κ3) is 8.24. The SMILES string of the molecule is CCCCOc1cccc(CNC(=NC)N2CCC(CC(=O)NC)CC2)c1.I. The fourth-order valence-corrected chi connectivity index (χ4v) is 3.31. The third-order valence-corrected chi connectivity index (χ3v) is 4.99. The van der Waals surface area contributed by atoms with Gasteiger partial charge in [0.25, 0.3) is 0 Å². The summed E-state index contributed by atoms with van der Waals surface area (Å²) in [4.78, 5) is 18.3. The molecule has 0 aromatic heterocycles. The first kappa shape index (κ1) is 24.5. The van der Waals surface area contributed by atoms with Gasteiger partial charge in [-0.3, -0.25) is 9.79 Å². The number of halogens is 1.